The van der Waals surface area contributed by atoms with Gasteiger partial charge >= 0.3 is 0 Å². The molecule has 0 aromatic heterocycles. The van der Waals surface area contributed by atoms with Crippen LogP contribution >= 0.6 is 0 Å². The zero-order valence-electron chi connectivity index (χ0n) is 10.4. The van der Waals surface area contributed by atoms with E-state index >= 15 is 0 Å². The van der Waals surface area contributed by atoms with E-state index in [-0.39, 0.29) is 5.56 Å². The fraction of sp³-hybridized carbons (Fsp3) is 0.462. The zero-order chi connectivity index (χ0) is 14.0. The lowest BCUT2D eigenvalue weighted by Crippen LogP contribution is -2.35. The summed E-state index contributed by atoms with van der Waals surface area (Å²) >= 11 is 0. The second-order valence-corrected chi connectivity index (χ2v) is 4.43. The Morgan fingerprint density at radius 1 is 1.37 bits per heavy atom. The first-order valence-corrected chi connectivity index (χ1v) is 6.13. The summed E-state index contributed by atoms with van der Waals surface area (Å²) < 4.78 is 38.9. The van der Waals surface area contributed by atoms with E-state index < -0.39 is 36.9 Å². The highest BCUT2D eigenvalue weighted by atomic mass is 19.3. The van der Waals surface area contributed by atoms with E-state index in [4.69, 9.17) is 0 Å². The van der Waals surface area contributed by atoms with Crippen LogP contribution < -0.4 is 5.32 Å². The monoisotopic (exact) mass is 272 g/mol. The molecule has 19 heavy (non-hydrogen) atoms. The van der Waals surface area contributed by atoms with E-state index in [2.05, 4.69) is 5.32 Å². The molecule has 1 aliphatic heterocycles. The quantitative estimate of drug-likeness (QED) is 0.912. The third-order valence-corrected chi connectivity index (χ3v) is 3.19. The lowest BCUT2D eigenvalue weighted by molar-refractivity contribution is -0.132. The fourth-order valence-electron chi connectivity index (χ4n) is 2.27. The van der Waals surface area contributed by atoms with E-state index in [0.717, 1.165) is 4.90 Å². The summed E-state index contributed by atoms with van der Waals surface area (Å²) in [6.07, 6.45) is -2.99. The molecule has 3 nitrogen and oxygen atoms in total. The SMILES string of the molecule is CCC1NC(c2ccccc2F)N(CC(F)F)C1=O. The average Bonchev–Trinajstić information content (AvgIpc) is 2.67. The summed E-state index contributed by atoms with van der Waals surface area (Å²) in [6.45, 7) is 1.08. The highest BCUT2D eigenvalue weighted by Gasteiger charge is 2.40. The number of carbonyl (C=O) groups is 1. The minimum atomic E-state index is -2.64. The van der Waals surface area contributed by atoms with Crippen LogP contribution in [0.3, 0.4) is 0 Å². The second kappa shape index (κ2) is 5.61. The van der Waals surface area contributed by atoms with Crippen molar-refractivity contribution in [1.82, 2.24) is 10.2 Å². The lowest BCUT2D eigenvalue weighted by atomic mass is 10.1. The van der Waals surface area contributed by atoms with Crippen LogP contribution in [0.1, 0.15) is 25.1 Å². The Bertz CT molecular complexity index is 467. The molecule has 0 aliphatic carbocycles. The van der Waals surface area contributed by atoms with Gasteiger partial charge in [-0.3, -0.25) is 10.1 Å². The number of amides is 1. The van der Waals surface area contributed by atoms with Gasteiger partial charge in [-0.15, -0.1) is 0 Å². The molecular weight excluding hydrogens is 257 g/mol. The standard InChI is InChI=1S/C13H15F3N2O/c1-2-10-13(19)18(7-11(15)16)12(17-10)8-5-3-4-6-9(8)14/h3-6,10-12,17H,2,7H2,1H3. The van der Waals surface area contributed by atoms with Crippen molar-refractivity contribution in [2.45, 2.75) is 32.0 Å². The van der Waals surface area contributed by atoms with Gasteiger partial charge in [0.2, 0.25) is 5.91 Å². The van der Waals surface area contributed by atoms with Crippen molar-refractivity contribution in [2.24, 2.45) is 0 Å². The molecule has 6 heteroatoms. The molecule has 0 spiro atoms. The van der Waals surface area contributed by atoms with Crippen molar-refractivity contribution >= 4 is 5.91 Å². The van der Waals surface area contributed by atoms with Crippen molar-refractivity contribution in [3.05, 3.63) is 35.6 Å². The minimum Gasteiger partial charge on any atom is -0.316 e. The summed E-state index contributed by atoms with van der Waals surface area (Å²) in [5.41, 5.74) is 0.215. The molecule has 1 heterocycles. The van der Waals surface area contributed by atoms with Crippen LogP contribution in [0.2, 0.25) is 0 Å². The first-order chi connectivity index (χ1) is 9.04. The molecule has 2 unspecified atom stereocenters. The van der Waals surface area contributed by atoms with Crippen molar-refractivity contribution in [2.75, 3.05) is 6.54 Å². The van der Waals surface area contributed by atoms with Crippen LogP contribution in [0.4, 0.5) is 13.2 Å². The van der Waals surface area contributed by atoms with Crippen LogP contribution in [0.25, 0.3) is 0 Å². The van der Waals surface area contributed by atoms with Crippen LogP contribution in [0, 0.1) is 5.82 Å². The number of hydrogen-bond acceptors (Lipinski definition) is 2. The number of halogens is 3. The minimum absolute atomic E-state index is 0.215. The third-order valence-electron chi connectivity index (χ3n) is 3.19. The maximum Gasteiger partial charge on any atom is 0.255 e. The Morgan fingerprint density at radius 3 is 2.63 bits per heavy atom. The smallest absolute Gasteiger partial charge is 0.255 e. The molecule has 1 aromatic rings. The summed E-state index contributed by atoms with van der Waals surface area (Å²) in [6, 6.07) is 5.34. The van der Waals surface area contributed by atoms with E-state index in [1.54, 1.807) is 13.0 Å². The summed E-state index contributed by atoms with van der Waals surface area (Å²) in [7, 11) is 0. The van der Waals surface area contributed by atoms with Crippen LogP contribution in [0.15, 0.2) is 24.3 Å². The average molecular weight is 272 g/mol. The maximum absolute atomic E-state index is 13.7. The fourth-order valence-corrected chi connectivity index (χ4v) is 2.27. The largest absolute Gasteiger partial charge is 0.316 e. The molecule has 0 saturated carbocycles. The molecule has 104 valence electrons. The van der Waals surface area contributed by atoms with E-state index in [0.29, 0.717) is 6.42 Å². The highest BCUT2D eigenvalue weighted by molar-refractivity contribution is 5.84. The van der Waals surface area contributed by atoms with Crippen molar-refractivity contribution in [1.29, 1.82) is 0 Å². The van der Waals surface area contributed by atoms with E-state index in [1.165, 1.54) is 18.2 Å². The number of benzene rings is 1. The highest BCUT2D eigenvalue weighted by Crippen LogP contribution is 2.28. The van der Waals surface area contributed by atoms with Crippen molar-refractivity contribution in [3.63, 3.8) is 0 Å². The predicted molar refractivity (Wildman–Crippen MR) is 64.1 cm³/mol. The maximum atomic E-state index is 13.7. The Labute approximate surface area is 109 Å². The number of rotatable bonds is 4. The van der Waals surface area contributed by atoms with Crippen LogP contribution in [-0.2, 0) is 4.79 Å². The Morgan fingerprint density at radius 2 is 2.05 bits per heavy atom. The number of alkyl halides is 2. The first kappa shape index (κ1) is 13.9. The number of hydrogen-bond donors (Lipinski definition) is 1. The van der Waals surface area contributed by atoms with Gasteiger partial charge in [0.05, 0.1) is 12.6 Å². The Balaban J connectivity index is 2.31. The number of nitrogens with one attached hydrogen (secondary N) is 1. The van der Waals surface area contributed by atoms with Crippen LogP contribution in [0.5, 0.6) is 0 Å². The lowest BCUT2D eigenvalue weighted by Gasteiger charge is -2.24. The van der Waals surface area contributed by atoms with E-state index in [9.17, 15) is 18.0 Å². The molecule has 1 amide bonds. The Hall–Kier alpha value is -1.56. The topological polar surface area (TPSA) is 32.3 Å². The molecule has 1 aromatic carbocycles. The van der Waals surface area contributed by atoms with Gasteiger partial charge in [-0.2, -0.15) is 0 Å². The molecule has 1 N–H and O–H groups in total. The molecule has 1 fully saturated rings. The van der Waals surface area contributed by atoms with Crippen LogP contribution in [-0.4, -0.2) is 29.8 Å². The normalized spacial score (nSPS) is 23.4. The van der Waals surface area contributed by atoms with Gasteiger partial charge in [0.15, 0.2) is 0 Å². The predicted octanol–water partition coefficient (Wildman–Crippen LogP) is 2.30. The molecular formula is C13H15F3N2O. The van der Waals surface area contributed by atoms with Gasteiger partial charge in [0, 0.05) is 5.56 Å². The number of nitrogens with zero attached hydrogens (tertiary/aromatic N) is 1. The third kappa shape index (κ3) is 2.73. The molecule has 0 radical (unpaired) electrons. The number of carbonyl (C=O) groups excluding carboxylic acids is 1. The van der Waals surface area contributed by atoms with Gasteiger partial charge in [-0.05, 0) is 12.5 Å². The van der Waals surface area contributed by atoms with Gasteiger partial charge in [-0.25, -0.2) is 13.2 Å². The molecule has 2 atom stereocenters. The zero-order valence-corrected chi connectivity index (χ0v) is 10.4. The van der Waals surface area contributed by atoms with Gasteiger partial charge in [0.25, 0.3) is 6.43 Å². The summed E-state index contributed by atoms with van der Waals surface area (Å²) in [4.78, 5) is 13.0. The Kier molecular flexibility index (Phi) is 4.09. The molecule has 1 aliphatic rings. The van der Waals surface area contributed by atoms with Gasteiger partial charge < -0.3 is 4.90 Å². The van der Waals surface area contributed by atoms with Gasteiger partial charge in [-0.1, -0.05) is 25.1 Å². The van der Waals surface area contributed by atoms with Gasteiger partial charge in [0.1, 0.15) is 12.0 Å². The molecule has 2 rings (SSSR count). The second-order valence-electron chi connectivity index (χ2n) is 4.43. The van der Waals surface area contributed by atoms with Crippen molar-refractivity contribution < 1.29 is 18.0 Å². The molecule has 1 saturated heterocycles. The molecule has 0 bridgehead atoms. The summed E-state index contributed by atoms with van der Waals surface area (Å²) in [5, 5.41) is 2.91. The van der Waals surface area contributed by atoms with E-state index in [1.807, 2.05) is 0 Å². The first-order valence-electron chi connectivity index (χ1n) is 6.13. The van der Waals surface area contributed by atoms with Crippen molar-refractivity contribution in [3.8, 4) is 0 Å². The summed E-state index contributed by atoms with van der Waals surface area (Å²) in [5.74, 6) is -0.917.